The molecule has 2 aliphatic heterocycles. The van der Waals surface area contributed by atoms with Crippen molar-refractivity contribution in [3.05, 3.63) is 71.2 Å². The van der Waals surface area contributed by atoms with Crippen LogP contribution in [0.5, 0.6) is 0 Å². The number of benzene rings is 1. The molecule has 274 valence electrons. The van der Waals surface area contributed by atoms with Crippen molar-refractivity contribution in [1.29, 1.82) is 0 Å². The van der Waals surface area contributed by atoms with Crippen LogP contribution in [0.4, 0.5) is 22.0 Å². The number of ether oxygens (including phenoxy) is 1. The molecule has 0 spiro atoms. The van der Waals surface area contributed by atoms with Gasteiger partial charge in [-0.15, -0.1) is 0 Å². The topological polar surface area (TPSA) is 91.1 Å². The van der Waals surface area contributed by atoms with Gasteiger partial charge in [-0.3, -0.25) is 9.58 Å². The van der Waals surface area contributed by atoms with Crippen LogP contribution >= 0.6 is 11.6 Å². The van der Waals surface area contributed by atoms with E-state index < -0.39 is 29.5 Å². The Bertz CT molecular complexity index is 1540. The number of aromatic nitrogens is 2. The van der Waals surface area contributed by atoms with Gasteiger partial charge in [0, 0.05) is 63.5 Å². The van der Waals surface area contributed by atoms with Crippen LogP contribution in [-0.4, -0.2) is 105 Å². The summed E-state index contributed by atoms with van der Waals surface area (Å²) >= 11 is 7.49. The zero-order chi connectivity index (χ0) is 36.1. The van der Waals surface area contributed by atoms with Crippen molar-refractivity contribution < 1.29 is 41.4 Å². The Labute approximate surface area is 293 Å². The number of hydrogen-bond acceptors (Lipinski definition) is 7. The summed E-state index contributed by atoms with van der Waals surface area (Å²) < 4.78 is 66.8. The first kappa shape index (κ1) is 37.8. The van der Waals surface area contributed by atoms with E-state index in [1.54, 1.807) is 6.92 Å². The quantitative estimate of drug-likeness (QED) is 0.128. The molecule has 3 heterocycles. The lowest BCUT2D eigenvalue weighted by atomic mass is 9.85. The molecule has 1 aromatic carbocycles. The van der Waals surface area contributed by atoms with E-state index in [4.69, 9.17) is 26.2 Å². The van der Waals surface area contributed by atoms with Crippen molar-refractivity contribution >= 4 is 29.1 Å². The Kier molecular flexibility index (Phi) is 12.3. The number of carboxylic acids is 1. The first-order chi connectivity index (χ1) is 23.8. The summed E-state index contributed by atoms with van der Waals surface area (Å²) in [5.74, 6) is -2.66. The number of aliphatic carboxylic acids is 1. The molecule has 2 aliphatic carbocycles. The van der Waals surface area contributed by atoms with Gasteiger partial charge in [0.1, 0.15) is 16.3 Å². The van der Waals surface area contributed by atoms with Gasteiger partial charge in [-0.05, 0) is 50.2 Å². The number of hydrogen-bond donors (Lipinski definition) is 1. The Morgan fingerprint density at radius 1 is 1.06 bits per heavy atom. The molecule has 6 rings (SSSR count). The van der Waals surface area contributed by atoms with E-state index >= 15 is 0 Å². The van der Waals surface area contributed by atoms with Gasteiger partial charge < -0.3 is 19.6 Å². The average molecular weight is 728 g/mol. The van der Waals surface area contributed by atoms with E-state index in [0.717, 1.165) is 61.9 Å². The van der Waals surface area contributed by atoms with Crippen LogP contribution in [0.25, 0.3) is 5.57 Å². The maximum absolute atomic E-state index is 14.3. The fourth-order valence-electron chi connectivity index (χ4n) is 7.06. The number of rotatable bonds is 9. The Balaban J connectivity index is 0.000000630. The molecule has 2 saturated heterocycles. The summed E-state index contributed by atoms with van der Waals surface area (Å²) in [7, 11) is 0. The number of carbonyl (C=O) groups is 2. The third-order valence-electron chi connectivity index (χ3n) is 9.86. The lowest BCUT2D eigenvalue weighted by Crippen LogP contribution is -2.56. The predicted molar refractivity (Wildman–Crippen MR) is 178 cm³/mol. The highest BCUT2D eigenvalue weighted by molar-refractivity contribution is 6.25. The summed E-state index contributed by atoms with van der Waals surface area (Å²) in [5.41, 5.74) is 2.83. The number of esters is 1. The molecular weight excluding hydrogens is 685 g/mol. The number of halogens is 6. The lowest BCUT2D eigenvalue weighted by Gasteiger charge is -2.47. The number of alkyl halides is 6. The first-order valence-corrected chi connectivity index (χ1v) is 17.4. The van der Waals surface area contributed by atoms with E-state index in [1.807, 2.05) is 18.2 Å². The molecule has 2 unspecified atom stereocenters. The third kappa shape index (κ3) is 8.86. The lowest BCUT2D eigenvalue weighted by molar-refractivity contribution is -0.192. The number of allylic oxidation sites excluding steroid dienone is 2. The summed E-state index contributed by atoms with van der Waals surface area (Å²) in [5, 5.41) is 11.4. The van der Waals surface area contributed by atoms with Crippen LogP contribution in [0.15, 0.2) is 54.4 Å². The van der Waals surface area contributed by atoms with Crippen LogP contribution < -0.4 is 0 Å². The Morgan fingerprint density at radius 2 is 1.74 bits per heavy atom. The molecule has 9 nitrogen and oxygen atoms in total. The van der Waals surface area contributed by atoms with E-state index in [-0.39, 0.29) is 23.9 Å². The van der Waals surface area contributed by atoms with E-state index in [2.05, 4.69) is 44.1 Å². The smallest absolute Gasteiger partial charge is 0.475 e. The second kappa shape index (κ2) is 16.2. The average Bonchev–Trinajstić information content (AvgIpc) is 3.53. The monoisotopic (exact) mass is 727 g/mol. The molecule has 4 aliphatic rings. The molecule has 15 heteroatoms. The number of carbonyl (C=O) groups excluding carboxylic acids is 1. The Hall–Kier alpha value is -3.49. The molecule has 0 amide bonds. The minimum Gasteiger partial charge on any atom is -0.475 e. The molecule has 1 N–H and O–H groups in total. The highest BCUT2D eigenvalue weighted by atomic mass is 35.5. The van der Waals surface area contributed by atoms with Gasteiger partial charge >= 0.3 is 18.1 Å². The zero-order valence-electron chi connectivity index (χ0n) is 27.9. The van der Waals surface area contributed by atoms with Gasteiger partial charge in [0.2, 0.25) is 0 Å². The molecule has 1 saturated carbocycles. The largest absolute Gasteiger partial charge is 0.490 e. The van der Waals surface area contributed by atoms with E-state index in [1.165, 1.54) is 36.7 Å². The summed E-state index contributed by atoms with van der Waals surface area (Å²) in [6.07, 6.45) is 3.82. The predicted octanol–water partition coefficient (Wildman–Crippen LogP) is 6.99. The van der Waals surface area contributed by atoms with Crippen molar-refractivity contribution in [3.63, 3.8) is 0 Å². The maximum Gasteiger partial charge on any atom is 0.490 e. The van der Waals surface area contributed by atoms with Crippen molar-refractivity contribution in [1.82, 2.24) is 24.5 Å². The third-order valence-corrected chi connectivity index (χ3v) is 10.4. The highest BCUT2D eigenvalue weighted by Gasteiger charge is 2.41. The number of carboxylic acid groups (broad SMARTS) is 1. The Morgan fingerprint density at radius 3 is 2.32 bits per heavy atom. The minimum atomic E-state index is -5.08. The molecular formula is C35H43ClF5N5O4. The van der Waals surface area contributed by atoms with E-state index in [0.29, 0.717) is 19.4 Å². The highest BCUT2D eigenvalue weighted by Crippen LogP contribution is 2.42. The van der Waals surface area contributed by atoms with Gasteiger partial charge in [-0.25, -0.2) is 18.4 Å². The van der Waals surface area contributed by atoms with Crippen molar-refractivity contribution in [2.24, 2.45) is 5.92 Å². The van der Waals surface area contributed by atoms with Crippen LogP contribution in [0, 0.1) is 5.92 Å². The summed E-state index contributed by atoms with van der Waals surface area (Å²) in [4.78, 5) is 28.0. The van der Waals surface area contributed by atoms with Gasteiger partial charge in [-0.1, -0.05) is 54.4 Å². The van der Waals surface area contributed by atoms with Gasteiger partial charge in [-0.2, -0.15) is 18.3 Å². The molecule has 0 radical (unpaired) electrons. The molecule has 0 bridgehead atoms. The molecule has 50 heavy (non-hydrogen) atoms. The second-order valence-electron chi connectivity index (χ2n) is 13.1. The molecule has 1 aromatic heterocycles. The first-order valence-electron chi connectivity index (χ1n) is 17.0. The summed E-state index contributed by atoms with van der Waals surface area (Å²) in [6.45, 7) is 8.15. The van der Waals surface area contributed by atoms with Gasteiger partial charge in [0.25, 0.3) is 6.43 Å². The number of likely N-dealkylation sites (tertiary alicyclic amines) is 1. The SMILES string of the molecule is CCOC(=O)c1cnn(C2CCCN(C3=C(c4ccccc4)C=CC(Cl)(N4CCN(CC5CCC5)CC4)C3)C2)c1C(F)F.O=C(O)C(F)(F)F. The number of piperidine rings is 1. The summed E-state index contributed by atoms with van der Waals surface area (Å²) in [6, 6.07) is 9.98. The fraction of sp³-hybridized carbons (Fsp3) is 0.571. The fourth-order valence-corrected chi connectivity index (χ4v) is 7.42. The normalized spacial score (nSPS) is 23.8. The van der Waals surface area contributed by atoms with Crippen molar-refractivity contribution in [3.8, 4) is 0 Å². The number of piperazine rings is 1. The van der Waals surface area contributed by atoms with Gasteiger partial charge in [0.05, 0.1) is 18.8 Å². The van der Waals surface area contributed by atoms with E-state index in [9.17, 15) is 26.7 Å². The molecule has 3 fully saturated rings. The molecule has 2 atom stereocenters. The van der Waals surface area contributed by atoms with Crippen LogP contribution in [0.3, 0.4) is 0 Å². The maximum atomic E-state index is 14.3. The van der Waals surface area contributed by atoms with Crippen LogP contribution in [-0.2, 0) is 9.53 Å². The van der Waals surface area contributed by atoms with Crippen molar-refractivity contribution in [2.45, 2.75) is 69.1 Å². The number of nitrogens with zero attached hydrogens (tertiary/aromatic N) is 5. The molecule has 2 aromatic rings. The van der Waals surface area contributed by atoms with Gasteiger partial charge in [0.15, 0.2) is 0 Å². The van der Waals surface area contributed by atoms with Crippen LogP contribution in [0.2, 0.25) is 0 Å². The second-order valence-corrected chi connectivity index (χ2v) is 13.7. The van der Waals surface area contributed by atoms with Crippen molar-refractivity contribution in [2.75, 3.05) is 52.4 Å². The zero-order valence-corrected chi connectivity index (χ0v) is 28.7. The van der Waals surface area contributed by atoms with Crippen LogP contribution in [0.1, 0.15) is 79.5 Å². The minimum absolute atomic E-state index is 0.115. The standard InChI is InChI=1S/C33H42ClF2N5O2.C2HF3O2/c1-2-43-32(42)28-21-37-41(30(28)31(35)36)26-12-7-15-39(23-26)29-20-33(34,14-13-27(29)25-10-4-3-5-11-25)40-18-16-38(17-19-40)22-24-8-6-9-24;3-2(4,5)1(6)7/h3-5,10-11,13-14,21,24,26,31H,2,6-9,12,15-20,22-23H2,1H3;(H,6,7).